The normalized spacial score (nSPS) is 10.5. The van der Waals surface area contributed by atoms with E-state index >= 15 is 0 Å². The van der Waals surface area contributed by atoms with E-state index in [-0.39, 0.29) is 17.4 Å². The molecular formula is C13H13F2N3O3. The van der Waals surface area contributed by atoms with Crippen molar-refractivity contribution in [2.75, 3.05) is 12.4 Å². The number of benzene rings is 1. The third-order valence-corrected chi connectivity index (χ3v) is 2.69. The molecule has 2 rings (SSSR count). The molecule has 0 fully saturated rings. The van der Waals surface area contributed by atoms with Crippen molar-refractivity contribution < 1.29 is 23.0 Å². The van der Waals surface area contributed by atoms with Gasteiger partial charge in [0.1, 0.15) is 5.69 Å². The van der Waals surface area contributed by atoms with Crippen LogP contribution in [0.3, 0.4) is 0 Å². The Kier molecular flexibility index (Phi) is 4.36. The summed E-state index contributed by atoms with van der Waals surface area (Å²) in [5.41, 5.74) is 0.751. The second-order valence-corrected chi connectivity index (χ2v) is 4.04. The lowest BCUT2D eigenvalue weighted by Gasteiger charge is -2.12. The Morgan fingerprint density at radius 2 is 2.10 bits per heavy atom. The van der Waals surface area contributed by atoms with Crippen LogP contribution in [0.4, 0.5) is 14.5 Å². The second kappa shape index (κ2) is 6.21. The van der Waals surface area contributed by atoms with E-state index in [4.69, 9.17) is 4.74 Å². The molecule has 8 heteroatoms. The summed E-state index contributed by atoms with van der Waals surface area (Å²) in [4.78, 5) is 12.0. The van der Waals surface area contributed by atoms with Crippen molar-refractivity contribution in [3.05, 3.63) is 36.2 Å². The summed E-state index contributed by atoms with van der Waals surface area (Å²) in [5, 5.41) is 6.51. The summed E-state index contributed by atoms with van der Waals surface area (Å²) in [6.07, 6.45) is 1.50. The topological polar surface area (TPSA) is 65.4 Å². The molecule has 1 N–H and O–H groups in total. The molecular weight excluding hydrogens is 284 g/mol. The number of hydrogen-bond donors (Lipinski definition) is 1. The molecule has 112 valence electrons. The number of anilines is 1. The molecule has 21 heavy (non-hydrogen) atoms. The molecule has 0 unspecified atom stereocenters. The zero-order chi connectivity index (χ0) is 15.4. The van der Waals surface area contributed by atoms with Crippen LogP contribution in [-0.2, 0) is 7.05 Å². The molecule has 0 atom stereocenters. The summed E-state index contributed by atoms with van der Waals surface area (Å²) >= 11 is 0. The first-order valence-corrected chi connectivity index (χ1v) is 5.93. The van der Waals surface area contributed by atoms with Crippen molar-refractivity contribution in [2.24, 2.45) is 7.05 Å². The first-order valence-electron chi connectivity index (χ1n) is 5.93. The van der Waals surface area contributed by atoms with Crippen LogP contribution in [0.15, 0.2) is 30.5 Å². The van der Waals surface area contributed by atoms with Gasteiger partial charge in [-0.05, 0) is 18.2 Å². The molecule has 0 bridgehead atoms. The fourth-order valence-corrected chi connectivity index (χ4v) is 1.73. The average molecular weight is 297 g/mol. The molecule has 0 spiro atoms. The Balaban J connectivity index is 2.18. The van der Waals surface area contributed by atoms with E-state index in [1.54, 1.807) is 13.1 Å². The van der Waals surface area contributed by atoms with Crippen LogP contribution in [-0.4, -0.2) is 29.4 Å². The minimum absolute atomic E-state index is 0.0955. The lowest BCUT2D eigenvalue weighted by atomic mass is 10.2. The molecule has 0 aliphatic carbocycles. The second-order valence-electron chi connectivity index (χ2n) is 4.04. The van der Waals surface area contributed by atoms with Gasteiger partial charge >= 0.3 is 6.61 Å². The number of nitrogens with one attached hydrogen (secondary N) is 1. The highest BCUT2D eigenvalue weighted by atomic mass is 19.3. The Bertz CT molecular complexity index is 643. The predicted molar refractivity (Wildman–Crippen MR) is 70.8 cm³/mol. The third-order valence-electron chi connectivity index (χ3n) is 2.69. The number of hydrogen-bond acceptors (Lipinski definition) is 4. The fourth-order valence-electron chi connectivity index (χ4n) is 1.73. The van der Waals surface area contributed by atoms with Gasteiger partial charge in [0.2, 0.25) is 0 Å². The van der Waals surface area contributed by atoms with Crippen LogP contribution in [0, 0.1) is 0 Å². The summed E-state index contributed by atoms with van der Waals surface area (Å²) in [6.45, 7) is -2.95. The van der Waals surface area contributed by atoms with Crippen molar-refractivity contribution in [2.45, 2.75) is 6.61 Å². The molecule has 0 saturated heterocycles. The number of rotatable bonds is 5. The van der Waals surface area contributed by atoms with Gasteiger partial charge in [-0.2, -0.15) is 13.9 Å². The quantitative estimate of drug-likeness (QED) is 0.919. The number of nitrogens with zero attached hydrogens (tertiary/aromatic N) is 2. The number of methoxy groups -OCH3 is 1. The molecule has 1 aromatic heterocycles. The Morgan fingerprint density at radius 3 is 2.67 bits per heavy atom. The van der Waals surface area contributed by atoms with Gasteiger partial charge in [0.25, 0.3) is 5.91 Å². The van der Waals surface area contributed by atoms with E-state index in [2.05, 4.69) is 15.2 Å². The third kappa shape index (κ3) is 3.47. The molecule has 1 heterocycles. The first kappa shape index (κ1) is 14.8. The monoisotopic (exact) mass is 297 g/mol. The van der Waals surface area contributed by atoms with Crippen LogP contribution >= 0.6 is 0 Å². The van der Waals surface area contributed by atoms with Gasteiger partial charge in [0, 0.05) is 25.0 Å². The van der Waals surface area contributed by atoms with E-state index in [1.165, 1.54) is 36.2 Å². The molecule has 0 radical (unpaired) electrons. The molecule has 1 aromatic carbocycles. The molecule has 0 saturated carbocycles. The van der Waals surface area contributed by atoms with Crippen molar-refractivity contribution in [1.82, 2.24) is 9.78 Å². The van der Waals surface area contributed by atoms with Gasteiger partial charge in [0.15, 0.2) is 11.5 Å². The highest BCUT2D eigenvalue weighted by Crippen LogP contribution is 2.31. The minimum atomic E-state index is -2.95. The Labute approximate surface area is 119 Å². The molecule has 6 nitrogen and oxygen atoms in total. The lowest BCUT2D eigenvalue weighted by molar-refractivity contribution is -0.0512. The van der Waals surface area contributed by atoms with Crippen LogP contribution in [0.1, 0.15) is 10.5 Å². The van der Waals surface area contributed by atoms with Gasteiger partial charge in [-0.3, -0.25) is 9.48 Å². The van der Waals surface area contributed by atoms with Crippen molar-refractivity contribution in [3.63, 3.8) is 0 Å². The highest BCUT2D eigenvalue weighted by molar-refractivity contribution is 6.03. The van der Waals surface area contributed by atoms with Gasteiger partial charge in [-0.25, -0.2) is 0 Å². The SMILES string of the molecule is COc1cc(NC(=O)c2ccnn2C)ccc1OC(F)F. The predicted octanol–water partition coefficient (Wildman–Crippen LogP) is 2.28. The van der Waals surface area contributed by atoms with E-state index in [0.29, 0.717) is 11.4 Å². The van der Waals surface area contributed by atoms with Crippen LogP contribution in [0.5, 0.6) is 11.5 Å². The number of carbonyl (C=O) groups is 1. The maximum Gasteiger partial charge on any atom is 0.387 e. The zero-order valence-corrected chi connectivity index (χ0v) is 11.3. The maximum atomic E-state index is 12.2. The Hall–Kier alpha value is -2.64. The van der Waals surface area contributed by atoms with Crippen LogP contribution in [0.2, 0.25) is 0 Å². The summed E-state index contributed by atoms with van der Waals surface area (Å²) in [7, 11) is 2.95. The highest BCUT2D eigenvalue weighted by Gasteiger charge is 2.14. The van der Waals surface area contributed by atoms with Crippen LogP contribution < -0.4 is 14.8 Å². The average Bonchev–Trinajstić information content (AvgIpc) is 2.86. The molecule has 0 aliphatic rings. The number of aryl methyl sites for hydroxylation is 1. The van der Waals surface area contributed by atoms with Crippen LogP contribution in [0.25, 0.3) is 0 Å². The number of carbonyl (C=O) groups excluding carboxylic acids is 1. The van der Waals surface area contributed by atoms with Crippen molar-refractivity contribution >= 4 is 11.6 Å². The summed E-state index contributed by atoms with van der Waals surface area (Å²) in [6, 6.07) is 5.69. The van der Waals surface area contributed by atoms with E-state index in [1.807, 2.05) is 0 Å². The number of alkyl halides is 2. The smallest absolute Gasteiger partial charge is 0.387 e. The number of aromatic nitrogens is 2. The maximum absolute atomic E-state index is 12.2. The lowest BCUT2D eigenvalue weighted by Crippen LogP contribution is -2.16. The van der Waals surface area contributed by atoms with Gasteiger partial charge in [-0.1, -0.05) is 0 Å². The minimum Gasteiger partial charge on any atom is -0.493 e. The Morgan fingerprint density at radius 1 is 1.33 bits per heavy atom. The first-order chi connectivity index (χ1) is 10.0. The van der Waals surface area contributed by atoms with E-state index in [9.17, 15) is 13.6 Å². The standard InChI is InChI=1S/C13H13F2N3O3/c1-18-9(5-6-16-18)12(19)17-8-3-4-10(21-13(14)15)11(7-8)20-2/h3-7,13H,1-2H3,(H,17,19). The number of halogens is 2. The fraction of sp³-hybridized carbons (Fsp3) is 0.231. The molecule has 0 aliphatic heterocycles. The van der Waals surface area contributed by atoms with Gasteiger partial charge in [-0.15, -0.1) is 0 Å². The van der Waals surface area contributed by atoms with E-state index < -0.39 is 6.61 Å². The molecule has 1 amide bonds. The van der Waals surface area contributed by atoms with Gasteiger partial charge in [0.05, 0.1) is 7.11 Å². The number of ether oxygens (including phenoxy) is 2. The summed E-state index contributed by atoms with van der Waals surface area (Å²) in [5.74, 6) is -0.385. The van der Waals surface area contributed by atoms with E-state index in [0.717, 1.165) is 0 Å². The van der Waals surface area contributed by atoms with Crippen molar-refractivity contribution in [3.8, 4) is 11.5 Å². The van der Waals surface area contributed by atoms with Gasteiger partial charge < -0.3 is 14.8 Å². The van der Waals surface area contributed by atoms with Crippen molar-refractivity contribution in [1.29, 1.82) is 0 Å². The molecule has 2 aromatic rings. The largest absolute Gasteiger partial charge is 0.493 e. The summed E-state index contributed by atoms with van der Waals surface area (Å²) < 4.78 is 35.1. The number of amides is 1. The zero-order valence-electron chi connectivity index (χ0n) is 11.3.